The van der Waals surface area contributed by atoms with E-state index in [1.807, 2.05) is 34.9 Å². The molecule has 1 aliphatic heterocycles. The zero-order chi connectivity index (χ0) is 17.4. The van der Waals surface area contributed by atoms with Crippen molar-refractivity contribution in [1.29, 1.82) is 0 Å². The Balaban J connectivity index is 1.69. The van der Waals surface area contributed by atoms with Crippen LogP contribution in [-0.2, 0) is 12.8 Å². The van der Waals surface area contributed by atoms with E-state index in [9.17, 15) is 4.79 Å². The second kappa shape index (κ2) is 6.36. The molecule has 4 heteroatoms. The van der Waals surface area contributed by atoms with Crippen LogP contribution in [0.15, 0.2) is 59.4 Å². The van der Waals surface area contributed by atoms with E-state index < -0.39 is 0 Å². The van der Waals surface area contributed by atoms with Gasteiger partial charge in [0.15, 0.2) is 0 Å². The van der Waals surface area contributed by atoms with Gasteiger partial charge in [-0.25, -0.2) is 4.79 Å². The molecule has 0 unspecified atom stereocenters. The standard InChI is InChI=1S/C21H23N3O/c1-15(2)14-16-8-10-18(11-9-16)24-21(25)23-19(12-13-20(23)22-24)17-6-4-3-5-7-17/h3-11,15,19H,12-14H2,1-2H3/t19-/m0/s1. The Morgan fingerprint density at radius 1 is 1.08 bits per heavy atom. The van der Waals surface area contributed by atoms with E-state index in [2.05, 4.69) is 43.2 Å². The van der Waals surface area contributed by atoms with Crippen LogP contribution in [0.5, 0.6) is 0 Å². The number of hydrogen-bond donors (Lipinski definition) is 0. The first kappa shape index (κ1) is 15.9. The van der Waals surface area contributed by atoms with E-state index in [1.165, 1.54) is 11.1 Å². The molecule has 4 nitrogen and oxygen atoms in total. The summed E-state index contributed by atoms with van der Waals surface area (Å²) in [6.07, 6.45) is 2.83. The van der Waals surface area contributed by atoms with Crippen molar-refractivity contribution in [2.24, 2.45) is 5.92 Å². The SMILES string of the molecule is CC(C)Cc1ccc(-n2nc3n(c2=O)[C@H](c2ccccc2)CC3)cc1. The van der Waals surface area contributed by atoms with Crippen LogP contribution in [0.3, 0.4) is 0 Å². The number of nitrogens with zero attached hydrogens (tertiary/aromatic N) is 3. The molecule has 0 N–H and O–H groups in total. The molecule has 1 aliphatic rings. The molecule has 4 rings (SSSR count). The summed E-state index contributed by atoms with van der Waals surface area (Å²) >= 11 is 0. The van der Waals surface area contributed by atoms with Gasteiger partial charge < -0.3 is 0 Å². The fraction of sp³-hybridized carbons (Fsp3) is 0.333. The second-order valence-corrected chi connectivity index (χ2v) is 7.21. The Morgan fingerprint density at radius 3 is 2.48 bits per heavy atom. The zero-order valence-corrected chi connectivity index (χ0v) is 14.7. The number of benzene rings is 2. The van der Waals surface area contributed by atoms with Crippen molar-refractivity contribution >= 4 is 0 Å². The van der Waals surface area contributed by atoms with Crippen molar-refractivity contribution in [3.05, 3.63) is 82.0 Å². The lowest BCUT2D eigenvalue weighted by atomic mass is 10.0. The maximum atomic E-state index is 13.0. The van der Waals surface area contributed by atoms with Gasteiger partial charge in [-0.1, -0.05) is 56.3 Å². The lowest BCUT2D eigenvalue weighted by Gasteiger charge is -2.12. The third-order valence-electron chi connectivity index (χ3n) is 4.84. The summed E-state index contributed by atoms with van der Waals surface area (Å²) in [5.41, 5.74) is 3.26. The van der Waals surface area contributed by atoms with Gasteiger partial charge in [0.1, 0.15) is 5.82 Å². The minimum absolute atomic E-state index is 0.0436. The van der Waals surface area contributed by atoms with Crippen LogP contribution in [0, 0.1) is 5.92 Å². The number of rotatable bonds is 4. The maximum Gasteiger partial charge on any atom is 0.351 e. The predicted molar refractivity (Wildman–Crippen MR) is 99.3 cm³/mol. The van der Waals surface area contributed by atoms with Gasteiger partial charge in [0.25, 0.3) is 0 Å². The third-order valence-corrected chi connectivity index (χ3v) is 4.84. The van der Waals surface area contributed by atoms with Gasteiger partial charge >= 0.3 is 5.69 Å². The van der Waals surface area contributed by atoms with Crippen molar-refractivity contribution in [3.63, 3.8) is 0 Å². The maximum absolute atomic E-state index is 13.0. The monoisotopic (exact) mass is 333 g/mol. The van der Waals surface area contributed by atoms with Gasteiger partial charge in [-0.05, 0) is 42.0 Å². The normalized spacial score (nSPS) is 16.4. The highest BCUT2D eigenvalue weighted by Gasteiger charge is 2.29. The molecule has 0 amide bonds. The molecule has 3 aromatic rings. The summed E-state index contributed by atoms with van der Waals surface area (Å²) in [7, 11) is 0. The summed E-state index contributed by atoms with van der Waals surface area (Å²) in [6, 6.07) is 18.5. The van der Waals surface area contributed by atoms with Crippen LogP contribution in [0.1, 0.15) is 43.3 Å². The molecule has 0 saturated heterocycles. The molecule has 0 saturated carbocycles. The Labute approximate surface area is 147 Å². The summed E-state index contributed by atoms with van der Waals surface area (Å²) in [5.74, 6) is 1.50. The molecule has 1 atom stereocenters. The van der Waals surface area contributed by atoms with Crippen molar-refractivity contribution in [1.82, 2.24) is 14.3 Å². The Hall–Kier alpha value is -2.62. The zero-order valence-electron chi connectivity index (χ0n) is 14.7. The smallest absolute Gasteiger partial charge is 0.271 e. The molecule has 0 bridgehead atoms. The van der Waals surface area contributed by atoms with E-state index in [4.69, 9.17) is 0 Å². The van der Waals surface area contributed by atoms with Crippen LogP contribution in [0.25, 0.3) is 5.69 Å². The lowest BCUT2D eigenvalue weighted by molar-refractivity contribution is 0.588. The molecule has 128 valence electrons. The van der Waals surface area contributed by atoms with Crippen LogP contribution in [0.2, 0.25) is 0 Å². The van der Waals surface area contributed by atoms with E-state index in [0.29, 0.717) is 5.92 Å². The Bertz CT molecular complexity index is 920. The van der Waals surface area contributed by atoms with Crippen LogP contribution >= 0.6 is 0 Å². The minimum atomic E-state index is -0.0436. The molecule has 2 aromatic carbocycles. The second-order valence-electron chi connectivity index (χ2n) is 7.21. The lowest BCUT2D eigenvalue weighted by Crippen LogP contribution is -2.26. The van der Waals surface area contributed by atoms with Gasteiger partial charge in [0, 0.05) is 6.42 Å². The third kappa shape index (κ3) is 2.93. The van der Waals surface area contributed by atoms with Gasteiger partial charge in [-0.15, -0.1) is 5.10 Å². The van der Waals surface area contributed by atoms with E-state index in [1.54, 1.807) is 4.68 Å². The molecule has 25 heavy (non-hydrogen) atoms. The molecule has 0 radical (unpaired) electrons. The number of hydrogen-bond acceptors (Lipinski definition) is 2. The molecule has 0 spiro atoms. The van der Waals surface area contributed by atoms with E-state index in [-0.39, 0.29) is 11.7 Å². The number of aromatic nitrogens is 3. The topological polar surface area (TPSA) is 39.8 Å². The highest BCUT2D eigenvalue weighted by atomic mass is 16.2. The highest BCUT2D eigenvalue weighted by Crippen LogP contribution is 2.29. The van der Waals surface area contributed by atoms with Crippen molar-refractivity contribution in [2.45, 2.75) is 39.2 Å². The van der Waals surface area contributed by atoms with Gasteiger partial charge in [0.05, 0.1) is 11.7 Å². The highest BCUT2D eigenvalue weighted by molar-refractivity contribution is 5.34. The fourth-order valence-corrected chi connectivity index (χ4v) is 3.70. The van der Waals surface area contributed by atoms with E-state index in [0.717, 1.165) is 30.8 Å². The molecule has 2 heterocycles. The molecule has 0 fully saturated rings. The quantitative estimate of drug-likeness (QED) is 0.729. The Morgan fingerprint density at radius 2 is 1.80 bits per heavy atom. The minimum Gasteiger partial charge on any atom is -0.271 e. The van der Waals surface area contributed by atoms with Crippen molar-refractivity contribution in [2.75, 3.05) is 0 Å². The molecule has 0 aliphatic carbocycles. The van der Waals surface area contributed by atoms with Crippen molar-refractivity contribution < 1.29 is 0 Å². The van der Waals surface area contributed by atoms with E-state index >= 15 is 0 Å². The van der Waals surface area contributed by atoms with Crippen LogP contribution < -0.4 is 5.69 Å². The van der Waals surface area contributed by atoms with Crippen LogP contribution in [-0.4, -0.2) is 14.3 Å². The average molecular weight is 333 g/mol. The van der Waals surface area contributed by atoms with Gasteiger partial charge in [-0.3, -0.25) is 4.57 Å². The fourth-order valence-electron chi connectivity index (χ4n) is 3.70. The predicted octanol–water partition coefficient (Wildman–Crippen LogP) is 3.77. The average Bonchev–Trinajstić information content (AvgIpc) is 3.17. The Kier molecular flexibility index (Phi) is 4.04. The number of fused-ring (bicyclic) bond motifs is 1. The summed E-state index contributed by atoms with van der Waals surface area (Å²) in [4.78, 5) is 13.0. The largest absolute Gasteiger partial charge is 0.351 e. The first-order valence-corrected chi connectivity index (χ1v) is 8.98. The summed E-state index contributed by atoms with van der Waals surface area (Å²) < 4.78 is 3.40. The summed E-state index contributed by atoms with van der Waals surface area (Å²) in [5, 5.41) is 4.59. The first-order valence-electron chi connectivity index (χ1n) is 8.98. The molecular formula is C21H23N3O. The summed E-state index contributed by atoms with van der Waals surface area (Å²) in [6.45, 7) is 4.42. The van der Waals surface area contributed by atoms with Crippen molar-refractivity contribution in [3.8, 4) is 5.69 Å². The van der Waals surface area contributed by atoms with Crippen LogP contribution in [0.4, 0.5) is 0 Å². The number of aryl methyl sites for hydroxylation is 1. The molecular weight excluding hydrogens is 310 g/mol. The van der Waals surface area contributed by atoms with Gasteiger partial charge in [-0.2, -0.15) is 4.68 Å². The van der Waals surface area contributed by atoms with Gasteiger partial charge in [0.2, 0.25) is 0 Å². The first-order chi connectivity index (χ1) is 12.1. The molecule has 1 aromatic heterocycles.